The van der Waals surface area contributed by atoms with E-state index in [2.05, 4.69) is 16.1 Å². The van der Waals surface area contributed by atoms with Gasteiger partial charge in [0.25, 0.3) is 5.91 Å². The van der Waals surface area contributed by atoms with Crippen molar-refractivity contribution in [3.8, 4) is 11.5 Å². The Balaban J connectivity index is 1.44. The molecule has 1 aliphatic carbocycles. The number of halogens is 2. The van der Waals surface area contributed by atoms with Gasteiger partial charge in [0.2, 0.25) is 0 Å². The van der Waals surface area contributed by atoms with Crippen LogP contribution in [0.3, 0.4) is 0 Å². The van der Waals surface area contributed by atoms with Crippen molar-refractivity contribution in [2.75, 3.05) is 20.8 Å². The number of nitrogens with one attached hydrogen (secondary N) is 1. The van der Waals surface area contributed by atoms with Crippen LogP contribution in [0.2, 0.25) is 0 Å². The van der Waals surface area contributed by atoms with E-state index in [0.717, 1.165) is 12.0 Å². The number of carbonyl (C=O) groups is 2. The highest BCUT2D eigenvalue weighted by molar-refractivity contribution is 6.07. The monoisotopic (exact) mass is 445 g/mol. The Morgan fingerprint density at radius 3 is 2.62 bits per heavy atom. The molecule has 2 aliphatic rings. The van der Waals surface area contributed by atoms with E-state index in [9.17, 15) is 18.4 Å². The maximum atomic E-state index is 13.2. The second-order valence-corrected chi connectivity index (χ2v) is 8.21. The van der Waals surface area contributed by atoms with Crippen molar-refractivity contribution in [1.29, 1.82) is 0 Å². The highest BCUT2D eigenvalue weighted by Gasteiger charge is 2.52. The molecule has 1 spiro atoms. The molecule has 1 aliphatic heterocycles. The topological polar surface area (TPSA) is 71.1 Å². The molecule has 0 bridgehead atoms. The molecule has 32 heavy (non-hydrogen) atoms. The lowest BCUT2D eigenvalue weighted by Crippen LogP contribution is -2.51. The quantitative estimate of drug-likeness (QED) is 0.663. The second-order valence-electron chi connectivity index (χ2n) is 8.21. The normalized spacial score (nSPS) is 20.1. The minimum atomic E-state index is -2.97. The highest BCUT2D eigenvalue weighted by Crippen LogP contribution is 2.34. The van der Waals surface area contributed by atoms with Gasteiger partial charge in [0.1, 0.15) is 5.54 Å². The van der Waals surface area contributed by atoms with E-state index < -0.39 is 18.2 Å². The molecule has 2 aromatic carbocycles. The smallest absolute Gasteiger partial charge is 0.387 e. The maximum absolute atomic E-state index is 13.2. The number of fused-ring (bicyclic) bond motifs is 1. The number of rotatable bonds is 7. The molecular weight excluding hydrogens is 420 g/mol. The SMILES string of the molecule is COc1ccc(CN(C)CN2C(=O)NC3(CCc4ccccc4C3)C2=O)cc1OC(F)F. The van der Waals surface area contributed by atoms with Crippen LogP contribution in [0.4, 0.5) is 13.6 Å². The van der Waals surface area contributed by atoms with Gasteiger partial charge < -0.3 is 14.8 Å². The van der Waals surface area contributed by atoms with Gasteiger partial charge >= 0.3 is 12.6 Å². The summed E-state index contributed by atoms with van der Waals surface area (Å²) in [5.41, 5.74) is 2.05. The number of imide groups is 1. The van der Waals surface area contributed by atoms with Crippen molar-refractivity contribution >= 4 is 11.9 Å². The van der Waals surface area contributed by atoms with Gasteiger partial charge in [0.05, 0.1) is 13.8 Å². The van der Waals surface area contributed by atoms with Gasteiger partial charge in [-0.05, 0) is 48.7 Å². The predicted octanol–water partition coefficient (Wildman–Crippen LogP) is 3.17. The summed E-state index contributed by atoms with van der Waals surface area (Å²) in [5, 5.41) is 2.92. The van der Waals surface area contributed by atoms with Crippen LogP contribution >= 0.6 is 0 Å². The number of aryl methyl sites for hydroxylation is 1. The lowest BCUT2D eigenvalue weighted by Gasteiger charge is -2.32. The summed E-state index contributed by atoms with van der Waals surface area (Å²) in [4.78, 5) is 28.9. The third kappa shape index (κ3) is 4.25. The number of alkyl halides is 2. The second kappa shape index (κ2) is 8.74. The lowest BCUT2D eigenvalue weighted by molar-refractivity contribution is -0.133. The van der Waals surface area contributed by atoms with E-state index in [0.29, 0.717) is 24.9 Å². The Morgan fingerprint density at radius 1 is 1.16 bits per heavy atom. The van der Waals surface area contributed by atoms with Crippen molar-refractivity contribution in [3.05, 3.63) is 59.2 Å². The van der Waals surface area contributed by atoms with E-state index in [1.165, 1.54) is 23.6 Å². The Kier molecular flexibility index (Phi) is 6.01. The molecule has 1 atom stereocenters. The largest absolute Gasteiger partial charge is 0.493 e. The summed E-state index contributed by atoms with van der Waals surface area (Å²) in [7, 11) is 3.12. The molecular formula is C23H25F2N3O4. The van der Waals surface area contributed by atoms with Crippen LogP contribution in [-0.4, -0.2) is 54.7 Å². The number of hydrogen-bond acceptors (Lipinski definition) is 5. The number of carbonyl (C=O) groups excluding carboxylic acids is 2. The number of methoxy groups -OCH3 is 1. The number of nitrogens with zero attached hydrogens (tertiary/aromatic N) is 2. The molecule has 0 radical (unpaired) electrons. The molecule has 1 heterocycles. The molecule has 4 rings (SSSR count). The highest BCUT2D eigenvalue weighted by atomic mass is 19.3. The van der Waals surface area contributed by atoms with E-state index in [4.69, 9.17) is 4.74 Å². The van der Waals surface area contributed by atoms with Crippen molar-refractivity contribution in [3.63, 3.8) is 0 Å². The molecule has 0 aromatic heterocycles. The molecule has 1 fully saturated rings. The van der Waals surface area contributed by atoms with Crippen LogP contribution < -0.4 is 14.8 Å². The van der Waals surface area contributed by atoms with Crippen molar-refractivity contribution in [1.82, 2.24) is 15.1 Å². The molecule has 2 aromatic rings. The molecule has 3 amide bonds. The lowest BCUT2D eigenvalue weighted by atomic mass is 9.78. The van der Waals surface area contributed by atoms with E-state index >= 15 is 0 Å². The Hall–Kier alpha value is -3.20. The maximum Gasteiger partial charge on any atom is 0.387 e. The Bertz CT molecular complexity index is 1030. The third-order valence-corrected chi connectivity index (χ3v) is 5.96. The summed E-state index contributed by atoms with van der Waals surface area (Å²) in [6, 6.07) is 12.3. The van der Waals surface area contributed by atoms with Gasteiger partial charge in [0, 0.05) is 13.0 Å². The molecule has 7 nitrogen and oxygen atoms in total. The van der Waals surface area contributed by atoms with E-state index in [1.807, 2.05) is 18.2 Å². The summed E-state index contributed by atoms with van der Waals surface area (Å²) >= 11 is 0. The van der Waals surface area contributed by atoms with Crippen molar-refractivity contribution < 1.29 is 27.8 Å². The first kappa shape index (κ1) is 22.0. The third-order valence-electron chi connectivity index (χ3n) is 5.96. The standard InChI is InChI=1S/C23H25F2N3O4/c1-27(13-15-7-8-18(31-2)19(11-15)32-21(24)25)14-28-20(29)23(26-22(28)30)10-9-16-5-3-4-6-17(16)12-23/h3-8,11,21H,9-10,12-14H2,1-2H3,(H,26,30). The minimum absolute atomic E-state index is 0.0665. The average Bonchev–Trinajstić information content (AvgIpc) is 2.97. The van der Waals surface area contributed by atoms with Crippen LogP contribution in [0.1, 0.15) is 23.1 Å². The Labute approximate surface area is 184 Å². The average molecular weight is 445 g/mol. The van der Waals surface area contributed by atoms with Crippen LogP contribution in [0, 0.1) is 0 Å². The van der Waals surface area contributed by atoms with Gasteiger partial charge in [-0.25, -0.2) is 9.69 Å². The number of urea groups is 1. The summed E-state index contributed by atoms with van der Waals surface area (Å²) in [5.74, 6) is -0.103. The van der Waals surface area contributed by atoms with Gasteiger partial charge in [-0.2, -0.15) is 8.78 Å². The zero-order valence-corrected chi connectivity index (χ0v) is 17.9. The first-order chi connectivity index (χ1) is 15.3. The molecule has 170 valence electrons. The zero-order valence-electron chi connectivity index (χ0n) is 17.9. The van der Waals surface area contributed by atoms with Gasteiger partial charge in [-0.1, -0.05) is 30.3 Å². The molecule has 1 unspecified atom stereocenters. The summed E-state index contributed by atoms with van der Waals surface area (Å²) in [6.07, 6.45) is 1.76. The van der Waals surface area contributed by atoms with Crippen molar-refractivity contribution in [2.24, 2.45) is 0 Å². The van der Waals surface area contributed by atoms with Crippen LogP contribution in [-0.2, 0) is 24.2 Å². The fourth-order valence-corrected chi connectivity index (χ4v) is 4.44. The Morgan fingerprint density at radius 2 is 1.91 bits per heavy atom. The van der Waals surface area contributed by atoms with Crippen LogP contribution in [0.25, 0.3) is 0 Å². The van der Waals surface area contributed by atoms with Gasteiger partial charge in [0.15, 0.2) is 11.5 Å². The predicted molar refractivity (Wildman–Crippen MR) is 113 cm³/mol. The summed E-state index contributed by atoms with van der Waals surface area (Å²) < 4.78 is 34.9. The first-order valence-corrected chi connectivity index (χ1v) is 10.3. The summed E-state index contributed by atoms with van der Waals surface area (Å²) in [6.45, 7) is -2.58. The molecule has 0 saturated carbocycles. The van der Waals surface area contributed by atoms with Crippen LogP contribution in [0.15, 0.2) is 42.5 Å². The molecule has 1 saturated heterocycles. The molecule has 9 heteroatoms. The van der Waals surface area contributed by atoms with Crippen molar-refractivity contribution in [2.45, 2.75) is 38.0 Å². The fraction of sp³-hybridized carbons (Fsp3) is 0.391. The minimum Gasteiger partial charge on any atom is -0.493 e. The number of ether oxygens (including phenoxy) is 2. The zero-order chi connectivity index (χ0) is 22.9. The number of amides is 3. The molecule has 1 N–H and O–H groups in total. The van der Waals surface area contributed by atoms with E-state index in [-0.39, 0.29) is 24.1 Å². The number of hydrogen-bond donors (Lipinski definition) is 1. The van der Waals surface area contributed by atoms with Gasteiger partial charge in [-0.15, -0.1) is 0 Å². The fourth-order valence-electron chi connectivity index (χ4n) is 4.44. The first-order valence-electron chi connectivity index (χ1n) is 10.3. The van der Waals surface area contributed by atoms with E-state index in [1.54, 1.807) is 24.1 Å². The number of benzene rings is 2. The van der Waals surface area contributed by atoms with Gasteiger partial charge in [-0.3, -0.25) is 9.69 Å². The van der Waals surface area contributed by atoms with Crippen LogP contribution in [0.5, 0.6) is 11.5 Å².